The predicted molar refractivity (Wildman–Crippen MR) is 68.3 cm³/mol. The van der Waals surface area contributed by atoms with Gasteiger partial charge in [0.2, 0.25) is 0 Å². The van der Waals surface area contributed by atoms with Crippen molar-refractivity contribution in [2.75, 3.05) is 5.33 Å². The quantitative estimate of drug-likeness (QED) is 0.763. The Balaban J connectivity index is 3.16. The Hall–Kier alpha value is -0.0500. The highest BCUT2D eigenvalue weighted by Gasteiger charge is 2.28. The van der Waals surface area contributed by atoms with Gasteiger partial charge in [-0.1, -0.05) is 45.2 Å². The van der Waals surface area contributed by atoms with Crippen LogP contribution in [-0.2, 0) is 10.2 Å². The van der Waals surface area contributed by atoms with E-state index in [1.54, 1.807) is 12.1 Å². The summed E-state index contributed by atoms with van der Waals surface area (Å²) >= 11 is 14.9. The molecule has 0 fully saturated rings. The third kappa shape index (κ3) is 2.74. The van der Waals surface area contributed by atoms with Gasteiger partial charge < -0.3 is 0 Å². The van der Waals surface area contributed by atoms with E-state index in [2.05, 4.69) is 15.9 Å². The number of ketones is 1. The zero-order valence-electron chi connectivity index (χ0n) is 8.48. The minimum absolute atomic E-state index is 0.112. The van der Waals surface area contributed by atoms with Crippen LogP contribution in [0.3, 0.4) is 0 Å². The van der Waals surface area contributed by atoms with Crippen LogP contribution in [0.2, 0.25) is 10.0 Å². The van der Waals surface area contributed by atoms with Gasteiger partial charge in [-0.3, -0.25) is 4.79 Å². The van der Waals surface area contributed by atoms with E-state index in [0.29, 0.717) is 15.4 Å². The van der Waals surface area contributed by atoms with Crippen molar-refractivity contribution in [1.29, 1.82) is 0 Å². The summed E-state index contributed by atoms with van der Waals surface area (Å²) in [6, 6.07) is 5.28. The SMILES string of the molecule is CC(C)(C(=O)CBr)c1ccc(Cl)c(Cl)c1. The fourth-order valence-corrected chi connectivity index (χ4v) is 2.21. The van der Waals surface area contributed by atoms with Gasteiger partial charge in [-0.15, -0.1) is 0 Å². The first-order valence-electron chi connectivity index (χ1n) is 4.44. The zero-order valence-corrected chi connectivity index (χ0v) is 11.6. The lowest BCUT2D eigenvalue weighted by atomic mass is 9.81. The lowest BCUT2D eigenvalue weighted by Crippen LogP contribution is -2.29. The topological polar surface area (TPSA) is 17.1 Å². The molecule has 0 bridgehead atoms. The minimum Gasteiger partial charge on any atom is -0.298 e. The average molecular weight is 310 g/mol. The normalized spacial score (nSPS) is 11.5. The van der Waals surface area contributed by atoms with Gasteiger partial charge in [0.1, 0.15) is 0 Å². The van der Waals surface area contributed by atoms with E-state index in [4.69, 9.17) is 23.2 Å². The fourth-order valence-electron chi connectivity index (χ4n) is 1.21. The molecule has 0 heterocycles. The predicted octanol–water partition coefficient (Wildman–Crippen LogP) is 4.24. The summed E-state index contributed by atoms with van der Waals surface area (Å²) in [5.41, 5.74) is 0.332. The molecule has 0 saturated heterocycles. The van der Waals surface area contributed by atoms with Crippen molar-refractivity contribution in [3.8, 4) is 0 Å². The first kappa shape index (κ1) is 13.0. The molecule has 4 heteroatoms. The smallest absolute Gasteiger partial charge is 0.153 e. The summed E-state index contributed by atoms with van der Waals surface area (Å²) in [5.74, 6) is 0.112. The van der Waals surface area contributed by atoms with E-state index in [9.17, 15) is 4.79 Å². The molecule has 0 radical (unpaired) electrons. The van der Waals surface area contributed by atoms with Gasteiger partial charge in [-0.05, 0) is 31.5 Å². The molecule has 1 nitrogen and oxygen atoms in total. The maximum Gasteiger partial charge on any atom is 0.153 e. The van der Waals surface area contributed by atoms with Gasteiger partial charge in [0.15, 0.2) is 5.78 Å². The molecule has 0 N–H and O–H groups in total. The number of halogens is 3. The largest absolute Gasteiger partial charge is 0.298 e. The van der Waals surface area contributed by atoms with Crippen molar-refractivity contribution in [3.05, 3.63) is 33.8 Å². The second-order valence-corrected chi connectivity index (χ2v) is 5.19. The molecule has 0 saturated carbocycles. The standard InChI is InChI=1S/C11H11BrCl2O/c1-11(2,10(15)6-12)7-3-4-8(13)9(14)5-7/h3-5H,6H2,1-2H3. The molecular formula is C11H11BrCl2O. The van der Waals surface area contributed by atoms with Gasteiger partial charge in [0, 0.05) is 5.41 Å². The second-order valence-electron chi connectivity index (χ2n) is 3.81. The molecule has 1 aromatic carbocycles. The molecule has 0 aromatic heterocycles. The monoisotopic (exact) mass is 308 g/mol. The van der Waals surface area contributed by atoms with Gasteiger partial charge in [-0.25, -0.2) is 0 Å². The van der Waals surface area contributed by atoms with Crippen molar-refractivity contribution in [2.45, 2.75) is 19.3 Å². The molecule has 0 spiro atoms. The van der Waals surface area contributed by atoms with Crippen LogP contribution in [0.25, 0.3) is 0 Å². The van der Waals surface area contributed by atoms with Gasteiger partial charge in [0.05, 0.1) is 15.4 Å². The summed E-state index contributed by atoms with van der Waals surface area (Å²) in [7, 11) is 0. The average Bonchev–Trinajstić information content (AvgIpc) is 2.20. The van der Waals surface area contributed by atoms with Crippen LogP contribution in [-0.4, -0.2) is 11.1 Å². The summed E-state index contributed by atoms with van der Waals surface area (Å²) in [6.45, 7) is 3.74. The Morgan fingerprint density at radius 3 is 2.40 bits per heavy atom. The van der Waals surface area contributed by atoms with Crippen LogP contribution in [0.15, 0.2) is 18.2 Å². The number of carbonyl (C=O) groups is 1. The van der Waals surface area contributed by atoms with Crippen molar-refractivity contribution in [3.63, 3.8) is 0 Å². The van der Waals surface area contributed by atoms with Crippen LogP contribution in [0.5, 0.6) is 0 Å². The summed E-state index contributed by atoms with van der Waals surface area (Å²) in [6.07, 6.45) is 0. The number of rotatable bonds is 3. The molecule has 15 heavy (non-hydrogen) atoms. The van der Waals surface area contributed by atoms with Crippen LogP contribution in [0.4, 0.5) is 0 Å². The van der Waals surface area contributed by atoms with E-state index in [-0.39, 0.29) is 5.78 Å². The molecule has 0 amide bonds. The number of Topliss-reactive ketones (excluding diaryl/α,β-unsaturated/α-hetero) is 1. The summed E-state index contributed by atoms with van der Waals surface area (Å²) < 4.78 is 0. The molecule has 0 aliphatic heterocycles. The molecule has 1 aromatic rings. The third-order valence-electron chi connectivity index (χ3n) is 2.46. The summed E-state index contributed by atoms with van der Waals surface area (Å²) in [4.78, 5) is 11.7. The van der Waals surface area contributed by atoms with Crippen molar-refractivity contribution in [2.24, 2.45) is 0 Å². The van der Waals surface area contributed by atoms with E-state index in [0.717, 1.165) is 5.56 Å². The Morgan fingerprint density at radius 1 is 1.33 bits per heavy atom. The highest BCUT2D eigenvalue weighted by Crippen LogP contribution is 2.30. The first-order valence-corrected chi connectivity index (χ1v) is 6.32. The highest BCUT2D eigenvalue weighted by atomic mass is 79.9. The number of hydrogen-bond donors (Lipinski definition) is 0. The van der Waals surface area contributed by atoms with Gasteiger partial charge in [0.25, 0.3) is 0 Å². The van der Waals surface area contributed by atoms with Gasteiger partial charge in [-0.2, -0.15) is 0 Å². The van der Waals surface area contributed by atoms with E-state index >= 15 is 0 Å². The molecular weight excluding hydrogens is 299 g/mol. The second kappa shape index (κ2) is 4.86. The third-order valence-corrected chi connectivity index (χ3v) is 3.71. The number of hydrogen-bond acceptors (Lipinski definition) is 1. The van der Waals surface area contributed by atoms with Crippen molar-refractivity contribution < 1.29 is 4.79 Å². The van der Waals surface area contributed by atoms with Crippen molar-refractivity contribution >= 4 is 44.9 Å². The Kier molecular flexibility index (Phi) is 4.21. The fraction of sp³-hybridized carbons (Fsp3) is 0.364. The Bertz CT molecular complexity index is 388. The van der Waals surface area contributed by atoms with Crippen LogP contribution >= 0.6 is 39.1 Å². The first-order chi connectivity index (χ1) is 6.89. The minimum atomic E-state index is -0.544. The lowest BCUT2D eigenvalue weighted by Gasteiger charge is -2.23. The maximum atomic E-state index is 11.7. The molecule has 0 unspecified atom stereocenters. The number of benzene rings is 1. The van der Waals surface area contributed by atoms with Crippen molar-refractivity contribution in [1.82, 2.24) is 0 Å². The van der Waals surface area contributed by atoms with E-state index in [1.807, 2.05) is 19.9 Å². The van der Waals surface area contributed by atoms with E-state index in [1.165, 1.54) is 0 Å². The van der Waals surface area contributed by atoms with Gasteiger partial charge >= 0.3 is 0 Å². The lowest BCUT2D eigenvalue weighted by molar-refractivity contribution is -0.120. The molecule has 82 valence electrons. The molecule has 1 rings (SSSR count). The Labute approximate surface area is 108 Å². The number of carbonyl (C=O) groups excluding carboxylic acids is 1. The molecule has 0 atom stereocenters. The molecule has 0 aliphatic rings. The zero-order chi connectivity index (χ0) is 11.6. The van der Waals surface area contributed by atoms with Crippen LogP contribution in [0, 0.1) is 0 Å². The highest BCUT2D eigenvalue weighted by molar-refractivity contribution is 9.09. The molecule has 0 aliphatic carbocycles. The maximum absolute atomic E-state index is 11.7. The van der Waals surface area contributed by atoms with Crippen LogP contribution < -0.4 is 0 Å². The van der Waals surface area contributed by atoms with E-state index < -0.39 is 5.41 Å². The van der Waals surface area contributed by atoms with Crippen LogP contribution in [0.1, 0.15) is 19.4 Å². The Morgan fingerprint density at radius 2 is 1.93 bits per heavy atom. The number of alkyl halides is 1. The summed E-state index contributed by atoms with van der Waals surface area (Å²) in [5, 5.41) is 1.31.